The van der Waals surface area contributed by atoms with Gasteiger partial charge >= 0.3 is 0 Å². The molecule has 0 aliphatic carbocycles. The number of benzene rings is 1. The third-order valence-electron chi connectivity index (χ3n) is 2.66. The SMILES string of the molecule is CCOc1ccccc1[C@H](C)NCCCOC. The lowest BCUT2D eigenvalue weighted by molar-refractivity contribution is 0.193. The fraction of sp³-hybridized carbons (Fsp3) is 0.571. The van der Waals surface area contributed by atoms with E-state index in [4.69, 9.17) is 9.47 Å². The Balaban J connectivity index is 2.52. The molecular formula is C14H23NO2. The predicted octanol–water partition coefficient (Wildman–Crippen LogP) is 2.77. The lowest BCUT2D eigenvalue weighted by Gasteiger charge is -2.17. The van der Waals surface area contributed by atoms with Crippen molar-refractivity contribution in [2.45, 2.75) is 26.3 Å². The van der Waals surface area contributed by atoms with Gasteiger partial charge in [-0.2, -0.15) is 0 Å². The first-order chi connectivity index (χ1) is 8.29. The molecule has 0 aromatic heterocycles. The van der Waals surface area contributed by atoms with Gasteiger partial charge in [-0.15, -0.1) is 0 Å². The van der Waals surface area contributed by atoms with Crippen LogP contribution in [0.5, 0.6) is 5.75 Å². The van der Waals surface area contributed by atoms with Gasteiger partial charge in [0.25, 0.3) is 0 Å². The van der Waals surface area contributed by atoms with E-state index in [1.165, 1.54) is 5.56 Å². The summed E-state index contributed by atoms with van der Waals surface area (Å²) in [6, 6.07) is 8.48. The van der Waals surface area contributed by atoms with E-state index in [9.17, 15) is 0 Å². The van der Waals surface area contributed by atoms with Crippen LogP contribution in [0.4, 0.5) is 0 Å². The molecule has 1 aromatic rings. The molecule has 17 heavy (non-hydrogen) atoms. The fourth-order valence-electron chi connectivity index (χ4n) is 1.77. The number of rotatable bonds is 8. The van der Waals surface area contributed by atoms with E-state index in [0.717, 1.165) is 25.3 Å². The maximum absolute atomic E-state index is 5.62. The normalized spacial score (nSPS) is 12.4. The molecule has 0 amide bonds. The molecular weight excluding hydrogens is 214 g/mol. The highest BCUT2D eigenvalue weighted by atomic mass is 16.5. The van der Waals surface area contributed by atoms with Crippen molar-refractivity contribution in [2.75, 3.05) is 26.9 Å². The average molecular weight is 237 g/mol. The van der Waals surface area contributed by atoms with Crippen LogP contribution in [0, 0.1) is 0 Å². The summed E-state index contributed by atoms with van der Waals surface area (Å²) < 4.78 is 10.6. The molecule has 0 aliphatic heterocycles. The Labute approximate surface area is 104 Å². The van der Waals surface area contributed by atoms with Crippen molar-refractivity contribution in [1.82, 2.24) is 5.32 Å². The molecule has 1 N–H and O–H groups in total. The van der Waals surface area contributed by atoms with Crippen molar-refractivity contribution >= 4 is 0 Å². The number of hydrogen-bond acceptors (Lipinski definition) is 3. The molecule has 0 saturated heterocycles. The maximum Gasteiger partial charge on any atom is 0.124 e. The number of ether oxygens (including phenoxy) is 2. The molecule has 0 spiro atoms. The summed E-state index contributed by atoms with van der Waals surface area (Å²) >= 11 is 0. The van der Waals surface area contributed by atoms with Crippen molar-refractivity contribution in [3.05, 3.63) is 29.8 Å². The highest BCUT2D eigenvalue weighted by molar-refractivity contribution is 5.35. The monoisotopic (exact) mass is 237 g/mol. The van der Waals surface area contributed by atoms with Crippen LogP contribution in [-0.2, 0) is 4.74 Å². The molecule has 96 valence electrons. The van der Waals surface area contributed by atoms with Gasteiger partial charge in [-0.1, -0.05) is 18.2 Å². The number of para-hydroxylation sites is 1. The standard InChI is InChI=1S/C14H23NO2/c1-4-17-14-9-6-5-8-13(14)12(2)15-10-7-11-16-3/h5-6,8-9,12,15H,4,7,10-11H2,1-3H3/t12-/m0/s1. The average Bonchev–Trinajstić information content (AvgIpc) is 2.35. The zero-order valence-corrected chi connectivity index (χ0v) is 11.0. The molecule has 0 radical (unpaired) electrons. The van der Waals surface area contributed by atoms with E-state index < -0.39 is 0 Å². The number of hydrogen-bond donors (Lipinski definition) is 1. The van der Waals surface area contributed by atoms with Gasteiger partial charge in [-0.3, -0.25) is 0 Å². The summed E-state index contributed by atoms with van der Waals surface area (Å²) in [7, 11) is 1.73. The highest BCUT2D eigenvalue weighted by Crippen LogP contribution is 2.24. The van der Waals surface area contributed by atoms with Crippen molar-refractivity contribution in [3.8, 4) is 5.75 Å². The summed E-state index contributed by atoms with van der Waals surface area (Å²) in [5, 5.41) is 3.47. The summed E-state index contributed by atoms with van der Waals surface area (Å²) in [6.45, 7) is 6.62. The van der Waals surface area contributed by atoms with E-state index in [1.54, 1.807) is 7.11 Å². The minimum Gasteiger partial charge on any atom is -0.494 e. The molecule has 0 aliphatic rings. The van der Waals surface area contributed by atoms with E-state index in [0.29, 0.717) is 12.6 Å². The third-order valence-corrected chi connectivity index (χ3v) is 2.66. The van der Waals surface area contributed by atoms with Crippen LogP contribution in [-0.4, -0.2) is 26.9 Å². The third kappa shape index (κ3) is 4.75. The highest BCUT2D eigenvalue weighted by Gasteiger charge is 2.09. The topological polar surface area (TPSA) is 30.5 Å². The molecule has 0 bridgehead atoms. The lowest BCUT2D eigenvalue weighted by Crippen LogP contribution is -2.21. The molecule has 1 atom stereocenters. The molecule has 1 aromatic carbocycles. The second-order valence-corrected chi connectivity index (χ2v) is 3.99. The molecule has 0 unspecified atom stereocenters. The first-order valence-electron chi connectivity index (χ1n) is 6.23. The van der Waals surface area contributed by atoms with Gasteiger partial charge in [0.2, 0.25) is 0 Å². The Kier molecular flexibility index (Phi) is 6.67. The Hall–Kier alpha value is -1.06. The maximum atomic E-state index is 5.62. The van der Waals surface area contributed by atoms with Crippen molar-refractivity contribution in [2.24, 2.45) is 0 Å². The van der Waals surface area contributed by atoms with Gasteiger partial charge in [0, 0.05) is 25.3 Å². The molecule has 0 saturated carbocycles. The van der Waals surface area contributed by atoms with Crippen LogP contribution in [0.3, 0.4) is 0 Å². The van der Waals surface area contributed by atoms with Gasteiger partial charge < -0.3 is 14.8 Å². The Morgan fingerprint density at radius 3 is 2.76 bits per heavy atom. The Bertz CT molecular complexity index is 315. The predicted molar refractivity (Wildman–Crippen MR) is 70.5 cm³/mol. The quantitative estimate of drug-likeness (QED) is 0.705. The zero-order chi connectivity index (χ0) is 12.5. The van der Waals surface area contributed by atoms with Crippen LogP contribution in [0.2, 0.25) is 0 Å². The minimum absolute atomic E-state index is 0.301. The van der Waals surface area contributed by atoms with Gasteiger partial charge in [-0.25, -0.2) is 0 Å². The molecule has 3 heteroatoms. The van der Waals surface area contributed by atoms with Crippen LogP contribution >= 0.6 is 0 Å². The van der Waals surface area contributed by atoms with Crippen molar-refractivity contribution in [1.29, 1.82) is 0 Å². The van der Waals surface area contributed by atoms with E-state index in [-0.39, 0.29) is 0 Å². The summed E-state index contributed by atoms with van der Waals surface area (Å²) in [5.74, 6) is 0.974. The van der Waals surface area contributed by atoms with Gasteiger partial charge in [0.1, 0.15) is 5.75 Å². The van der Waals surface area contributed by atoms with Crippen LogP contribution in [0.25, 0.3) is 0 Å². The van der Waals surface area contributed by atoms with Crippen molar-refractivity contribution in [3.63, 3.8) is 0 Å². The molecule has 3 nitrogen and oxygen atoms in total. The van der Waals surface area contributed by atoms with Gasteiger partial charge in [0.15, 0.2) is 0 Å². The van der Waals surface area contributed by atoms with Gasteiger partial charge in [0.05, 0.1) is 6.61 Å². The molecule has 0 fully saturated rings. The first-order valence-corrected chi connectivity index (χ1v) is 6.23. The Morgan fingerprint density at radius 2 is 2.06 bits per heavy atom. The molecule has 0 heterocycles. The van der Waals surface area contributed by atoms with E-state index in [2.05, 4.69) is 18.3 Å². The van der Waals surface area contributed by atoms with Crippen LogP contribution in [0.15, 0.2) is 24.3 Å². The second kappa shape index (κ2) is 8.09. The molecule has 1 rings (SSSR count). The smallest absolute Gasteiger partial charge is 0.124 e. The van der Waals surface area contributed by atoms with Crippen LogP contribution < -0.4 is 10.1 Å². The largest absolute Gasteiger partial charge is 0.494 e. The summed E-state index contributed by atoms with van der Waals surface area (Å²) in [6.07, 6.45) is 1.03. The number of methoxy groups -OCH3 is 1. The fourth-order valence-corrected chi connectivity index (χ4v) is 1.77. The Morgan fingerprint density at radius 1 is 1.29 bits per heavy atom. The van der Waals surface area contributed by atoms with Crippen LogP contribution in [0.1, 0.15) is 31.9 Å². The summed E-state index contributed by atoms with van der Waals surface area (Å²) in [4.78, 5) is 0. The number of nitrogens with one attached hydrogen (secondary N) is 1. The minimum atomic E-state index is 0.301. The lowest BCUT2D eigenvalue weighted by atomic mass is 10.1. The zero-order valence-electron chi connectivity index (χ0n) is 11.0. The van der Waals surface area contributed by atoms with E-state index in [1.807, 2.05) is 25.1 Å². The first kappa shape index (κ1) is 14.0. The van der Waals surface area contributed by atoms with Crippen molar-refractivity contribution < 1.29 is 9.47 Å². The van der Waals surface area contributed by atoms with E-state index >= 15 is 0 Å². The summed E-state index contributed by atoms with van der Waals surface area (Å²) in [5.41, 5.74) is 1.21. The van der Waals surface area contributed by atoms with Gasteiger partial charge in [-0.05, 0) is 32.9 Å². The second-order valence-electron chi connectivity index (χ2n) is 3.99.